The van der Waals surface area contributed by atoms with E-state index >= 15 is 0 Å². The van der Waals surface area contributed by atoms with E-state index in [0.29, 0.717) is 11.5 Å². The van der Waals surface area contributed by atoms with Crippen molar-refractivity contribution in [3.63, 3.8) is 0 Å². The highest BCUT2D eigenvalue weighted by molar-refractivity contribution is 6.55. The Balaban J connectivity index is 3.00. The summed E-state index contributed by atoms with van der Waals surface area (Å²) in [5.74, 6) is 0.155. The van der Waals surface area contributed by atoms with Gasteiger partial charge in [0.1, 0.15) is 0 Å². The zero-order valence-electron chi connectivity index (χ0n) is 8.13. The van der Waals surface area contributed by atoms with Gasteiger partial charge in [-0.2, -0.15) is 0 Å². The van der Waals surface area contributed by atoms with Gasteiger partial charge in [-0.1, -0.05) is 55.2 Å². The van der Waals surface area contributed by atoms with Crippen LogP contribution in [0.4, 0.5) is 0 Å². The van der Waals surface area contributed by atoms with E-state index in [4.69, 9.17) is 23.2 Å². The number of Topliss-reactive ketones (excluding diaryl/α,β-unsaturated/α-hetero) is 1. The average molecular weight is 231 g/mol. The van der Waals surface area contributed by atoms with E-state index in [9.17, 15) is 4.79 Å². The van der Waals surface area contributed by atoms with Gasteiger partial charge >= 0.3 is 0 Å². The molecule has 0 radical (unpaired) electrons. The summed E-state index contributed by atoms with van der Waals surface area (Å²) in [4.78, 5) is 10.5. The van der Waals surface area contributed by atoms with Crippen LogP contribution in [0.3, 0.4) is 0 Å². The van der Waals surface area contributed by atoms with Gasteiger partial charge < -0.3 is 0 Å². The Labute approximate surface area is 94.0 Å². The number of hydrogen-bond acceptors (Lipinski definition) is 1. The largest absolute Gasteiger partial charge is 0.291 e. The van der Waals surface area contributed by atoms with Gasteiger partial charge in [-0.3, -0.25) is 4.79 Å². The van der Waals surface area contributed by atoms with Crippen molar-refractivity contribution in [1.29, 1.82) is 0 Å². The van der Waals surface area contributed by atoms with E-state index in [0.717, 1.165) is 5.56 Å². The van der Waals surface area contributed by atoms with Crippen molar-refractivity contribution in [3.8, 4) is 0 Å². The molecule has 0 heterocycles. The number of carbonyl (C=O) groups is 1. The molecule has 1 rings (SSSR count). The van der Waals surface area contributed by atoms with Crippen molar-refractivity contribution < 1.29 is 4.79 Å². The zero-order chi connectivity index (χ0) is 10.7. The minimum Gasteiger partial charge on any atom is -0.291 e. The number of benzene rings is 1. The van der Waals surface area contributed by atoms with Gasteiger partial charge in [0.15, 0.2) is 10.6 Å². The lowest BCUT2D eigenvalue weighted by Gasteiger charge is -2.07. The minimum absolute atomic E-state index is 0.240. The lowest BCUT2D eigenvalue weighted by molar-refractivity contribution is 0.101. The first-order valence-electron chi connectivity index (χ1n) is 4.44. The van der Waals surface area contributed by atoms with Gasteiger partial charge in [0.25, 0.3) is 0 Å². The second kappa shape index (κ2) is 4.81. The summed E-state index contributed by atoms with van der Waals surface area (Å²) < 4.78 is 0. The molecule has 0 aliphatic heterocycles. The van der Waals surface area contributed by atoms with Crippen LogP contribution in [-0.4, -0.2) is 10.6 Å². The Morgan fingerprint density at radius 1 is 1.29 bits per heavy atom. The lowest BCUT2D eigenvalue weighted by Crippen LogP contribution is -2.08. The highest BCUT2D eigenvalue weighted by Crippen LogP contribution is 2.18. The van der Waals surface area contributed by atoms with Crippen LogP contribution in [0.1, 0.15) is 35.7 Å². The maximum Gasteiger partial charge on any atom is 0.195 e. The number of rotatable bonds is 3. The Kier molecular flexibility index (Phi) is 3.97. The van der Waals surface area contributed by atoms with Gasteiger partial charge in [-0.05, 0) is 17.5 Å². The highest BCUT2D eigenvalue weighted by Gasteiger charge is 2.14. The zero-order valence-corrected chi connectivity index (χ0v) is 9.64. The molecule has 1 aromatic carbocycles. The van der Waals surface area contributed by atoms with Crippen LogP contribution >= 0.6 is 23.2 Å². The normalized spacial score (nSPS) is 11.0. The van der Waals surface area contributed by atoms with Crippen LogP contribution in [0.5, 0.6) is 0 Å². The monoisotopic (exact) mass is 230 g/mol. The molecule has 0 spiro atoms. The van der Waals surface area contributed by atoms with E-state index in [1.54, 1.807) is 6.07 Å². The number of alkyl halides is 2. The van der Waals surface area contributed by atoms with E-state index in [2.05, 4.69) is 13.8 Å². The molecule has 0 aliphatic rings. The molecule has 14 heavy (non-hydrogen) atoms. The molecule has 0 atom stereocenters. The summed E-state index contributed by atoms with van der Waals surface area (Å²) in [6.45, 7) is 4.14. The summed E-state index contributed by atoms with van der Waals surface area (Å²) in [5, 5.41) is 0. The van der Waals surface area contributed by atoms with Crippen LogP contribution < -0.4 is 0 Å². The summed E-state index contributed by atoms with van der Waals surface area (Å²) in [5.41, 5.74) is 1.69. The van der Waals surface area contributed by atoms with Crippen LogP contribution in [0.25, 0.3) is 0 Å². The summed E-state index contributed by atoms with van der Waals surface area (Å²) in [6.07, 6.45) is 0. The van der Waals surface area contributed by atoms with Gasteiger partial charge in [-0.15, -0.1) is 0 Å². The predicted molar refractivity (Wildman–Crippen MR) is 60.4 cm³/mol. The van der Waals surface area contributed by atoms with Crippen LogP contribution in [-0.2, 0) is 0 Å². The third-order valence-corrected chi connectivity index (χ3v) is 2.43. The first-order chi connectivity index (χ1) is 6.52. The summed E-state index contributed by atoms with van der Waals surface area (Å²) in [6, 6.07) is 7.40. The van der Waals surface area contributed by atoms with Crippen molar-refractivity contribution >= 4 is 29.0 Å². The quantitative estimate of drug-likeness (QED) is 0.571. The molecule has 0 fully saturated rings. The molecule has 0 aliphatic carbocycles. The fourth-order valence-electron chi connectivity index (χ4n) is 1.18. The summed E-state index contributed by atoms with van der Waals surface area (Å²) >= 11 is 11.0. The van der Waals surface area contributed by atoms with E-state index in [-0.39, 0.29) is 5.78 Å². The Hall–Kier alpha value is -0.530. The van der Waals surface area contributed by atoms with Crippen LogP contribution in [0, 0.1) is 0 Å². The standard InChI is InChI=1S/C11H12Cl2O/c1-7(2)8-4-3-5-9(6-8)10(14)11(12)13/h3-7,11H,1-2H3. The molecular weight excluding hydrogens is 219 g/mol. The van der Waals surface area contributed by atoms with Gasteiger partial charge in [0, 0.05) is 5.56 Å². The van der Waals surface area contributed by atoms with Crippen molar-refractivity contribution in [2.24, 2.45) is 0 Å². The molecule has 0 saturated carbocycles. The number of hydrogen-bond donors (Lipinski definition) is 0. The van der Waals surface area contributed by atoms with E-state index in [1.165, 1.54) is 0 Å². The minimum atomic E-state index is -0.975. The molecule has 3 heteroatoms. The molecule has 1 nitrogen and oxygen atoms in total. The second-order valence-corrected chi connectivity index (χ2v) is 4.54. The SMILES string of the molecule is CC(C)c1cccc(C(=O)C(Cl)Cl)c1. The first-order valence-corrected chi connectivity index (χ1v) is 5.32. The van der Waals surface area contributed by atoms with Crippen molar-refractivity contribution in [1.82, 2.24) is 0 Å². The average Bonchev–Trinajstić information content (AvgIpc) is 2.16. The van der Waals surface area contributed by atoms with Gasteiger partial charge in [0.2, 0.25) is 0 Å². The van der Waals surface area contributed by atoms with Crippen molar-refractivity contribution in [3.05, 3.63) is 35.4 Å². The first kappa shape index (κ1) is 11.5. The van der Waals surface area contributed by atoms with Gasteiger partial charge in [-0.25, -0.2) is 0 Å². The fraction of sp³-hybridized carbons (Fsp3) is 0.364. The van der Waals surface area contributed by atoms with E-state index in [1.807, 2.05) is 18.2 Å². The van der Waals surface area contributed by atoms with Crippen LogP contribution in [0.2, 0.25) is 0 Å². The second-order valence-electron chi connectivity index (χ2n) is 3.45. The lowest BCUT2D eigenvalue weighted by atomic mass is 10.00. The maximum absolute atomic E-state index is 11.5. The molecule has 0 unspecified atom stereocenters. The Morgan fingerprint density at radius 2 is 1.93 bits per heavy atom. The van der Waals surface area contributed by atoms with Crippen molar-refractivity contribution in [2.75, 3.05) is 0 Å². The molecule has 0 bridgehead atoms. The maximum atomic E-state index is 11.5. The smallest absolute Gasteiger partial charge is 0.195 e. The molecular formula is C11H12Cl2O. The highest BCUT2D eigenvalue weighted by atomic mass is 35.5. The van der Waals surface area contributed by atoms with Crippen LogP contribution in [0.15, 0.2) is 24.3 Å². The molecule has 0 saturated heterocycles. The third kappa shape index (κ3) is 2.73. The third-order valence-electron chi connectivity index (χ3n) is 2.04. The van der Waals surface area contributed by atoms with Gasteiger partial charge in [0.05, 0.1) is 0 Å². The van der Waals surface area contributed by atoms with Crippen molar-refractivity contribution in [2.45, 2.75) is 24.6 Å². The topological polar surface area (TPSA) is 17.1 Å². The summed E-state index contributed by atoms with van der Waals surface area (Å²) in [7, 11) is 0. The molecule has 0 N–H and O–H groups in total. The van der Waals surface area contributed by atoms with E-state index < -0.39 is 4.84 Å². The number of ketones is 1. The number of halogens is 2. The number of carbonyl (C=O) groups excluding carboxylic acids is 1. The fourth-order valence-corrected chi connectivity index (χ4v) is 1.43. The predicted octanol–water partition coefficient (Wildman–Crippen LogP) is 3.80. The molecule has 76 valence electrons. The Morgan fingerprint density at radius 3 is 2.43 bits per heavy atom. The molecule has 0 amide bonds. The molecule has 0 aromatic heterocycles. The molecule has 1 aromatic rings. The Bertz CT molecular complexity index is 332.